The second-order valence-corrected chi connectivity index (χ2v) is 3.21. The molecule has 1 atom stereocenters. The first-order valence-corrected chi connectivity index (χ1v) is 4.93. The zero-order valence-electron chi connectivity index (χ0n) is 9.29. The van der Waals surface area contributed by atoms with Gasteiger partial charge in [0.2, 0.25) is 0 Å². The number of methoxy groups -OCH3 is 1. The third kappa shape index (κ3) is 3.98. The van der Waals surface area contributed by atoms with Crippen LogP contribution in [0.5, 0.6) is 0 Å². The topological polar surface area (TPSA) is 75.6 Å². The Balaban J connectivity index is 2.82. The number of ether oxygens (including phenoxy) is 1. The Hall–Kier alpha value is -2.30. The first-order valence-electron chi connectivity index (χ1n) is 4.93. The van der Waals surface area contributed by atoms with Crippen LogP contribution in [0.2, 0.25) is 0 Å². The maximum absolute atomic E-state index is 11.5. The van der Waals surface area contributed by atoms with E-state index >= 15 is 0 Å². The number of hydrogen-bond donors (Lipinski definition) is 2. The highest BCUT2D eigenvalue weighted by atomic mass is 16.5. The summed E-state index contributed by atoms with van der Waals surface area (Å²) < 4.78 is 4.64. The van der Waals surface area contributed by atoms with E-state index in [-0.39, 0.29) is 0 Å². The molecule has 0 aromatic heterocycles. The molecule has 0 aliphatic rings. The van der Waals surface area contributed by atoms with Gasteiger partial charge in [0, 0.05) is 12.3 Å². The smallest absolute Gasteiger partial charge is 0.332 e. The zero-order chi connectivity index (χ0) is 12.7. The molecule has 2 N–H and O–H groups in total. The molecule has 5 nitrogen and oxygen atoms in total. The van der Waals surface area contributed by atoms with E-state index in [2.05, 4.69) is 10.1 Å². The van der Waals surface area contributed by atoms with Crippen LogP contribution in [-0.2, 0) is 14.3 Å². The van der Waals surface area contributed by atoms with Gasteiger partial charge in [0.25, 0.3) is 0 Å². The van der Waals surface area contributed by atoms with Crippen LogP contribution in [0.4, 0.5) is 0 Å². The van der Waals surface area contributed by atoms with Crippen LogP contribution in [-0.4, -0.2) is 24.2 Å². The van der Waals surface area contributed by atoms with Crippen LogP contribution in [0.1, 0.15) is 11.6 Å². The van der Waals surface area contributed by atoms with Crippen molar-refractivity contribution < 1.29 is 19.4 Å². The van der Waals surface area contributed by atoms with Gasteiger partial charge in [-0.2, -0.15) is 0 Å². The molecule has 0 aliphatic carbocycles. The predicted octanol–water partition coefficient (Wildman–Crippen LogP) is 1.09. The van der Waals surface area contributed by atoms with E-state index in [1.807, 2.05) is 6.07 Å². The largest absolute Gasteiger partial charge is 0.478 e. The Morgan fingerprint density at radius 3 is 2.53 bits per heavy atom. The van der Waals surface area contributed by atoms with Crippen molar-refractivity contribution in [2.75, 3.05) is 7.11 Å². The highest BCUT2D eigenvalue weighted by molar-refractivity contribution is 5.80. The maximum Gasteiger partial charge on any atom is 0.332 e. The standard InChI is InChI=1S/C12H13NO4/c1-17-12(16)11(13-8-7-10(14)15)9-5-3-2-4-6-9/h2-8,11,13H,1H3,(H,14,15)/b8-7+. The van der Waals surface area contributed by atoms with Gasteiger partial charge in [-0.25, -0.2) is 9.59 Å². The number of nitrogens with one attached hydrogen (secondary N) is 1. The number of esters is 1. The summed E-state index contributed by atoms with van der Waals surface area (Å²) in [5, 5.41) is 11.1. The lowest BCUT2D eigenvalue weighted by Crippen LogP contribution is -2.26. The number of hydrogen-bond acceptors (Lipinski definition) is 4. The highest BCUT2D eigenvalue weighted by Gasteiger charge is 2.19. The number of carbonyl (C=O) groups excluding carboxylic acids is 1. The Kier molecular flexibility index (Phi) is 4.75. The number of carboxylic acid groups (broad SMARTS) is 1. The maximum atomic E-state index is 11.5. The fourth-order valence-electron chi connectivity index (χ4n) is 1.28. The van der Waals surface area contributed by atoms with Gasteiger partial charge in [0.15, 0.2) is 0 Å². The summed E-state index contributed by atoms with van der Waals surface area (Å²) in [5.74, 6) is -1.57. The predicted molar refractivity (Wildman–Crippen MR) is 61.1 cm³/mol. The molecule has 0 saturated carbocycles. The Labute approximate surface area is 98.7 Å². The van der Waals surface area contributed by atoms with Gasteiger partial charge in [0.1, 0.15) is 6.04 Å². The molecule has 1 rings (SSSR count). The van der Waals surface area contributed by atoms with Gasteiger partial charge in [0.05, 0.1) is 7.11 Å². The van der Waals surface area contributed by atoms with Crippen molar-refractivity contribution in [1.29, 1.82) is 0 Å². The highest BCUT2D eigenvalue weighted by Crippen LogP contribution is 2.13. The van der Waals surface area contributed by atoms with Crippen LogP contribution in [0.3, 0.4) is 0 Å². The molecule has 0 amide bonds. The van der Waals surface area contributed by atoms with Crippen LogP contribution in [0, 0.1) is 0 Å². The van der Waals surface area contributed by atoms with E-state index < -0.39 is 18.0 Å². The van der Waals surface area contributed by atoms with Gasteiger partial charge in [-0.3, -0.25) is 0 Å². The minimum Gasteiger partial charge on any atom is -0.478 e. The number of carbonyl (C=O) groups is 2. The molecule has 1 unspecified atom stereocenters. The third-order valence-electron chi connectivity index (χ3n) is 2.06. The minimum atomic E-state index is -1.09. The van der Waals surface area contributed by atoms with Crippen molar-refractivity contribution in [2.24, 2.45) is 0 Å². The first kappa shape index (κ1) is 12.8. The van der Waals surface area contributed by atoms with Crippen molar-refractivity contribution in [3.8, 4) is 0 Å². The van der Waals surface area contributed by atoms with Crippen LogP contribution in [0.25, 0.3) is 0 Å². The molecule has 0 aliphatic heterocycles. The Bertz CT molecular complexity index is 414. The molecule has 0 saturated heterocycles. The van der Waals surface area contributed by atoms with E-state index in [9.17, 15) is 9.59 Å². The lowest BCUT2D eigenvalue weighted by atomic mass is 10.1. The second-order valence-electron chi connectivity index (χ2n) is 3.21. The van der Waals surface area contributed by atoms with Gasteiger partial charge in [-0.15, -0.1) is 0 Å². The van der Waals surface area contributed by atoms with E-state index in [4.69, 9.17) is 5.11 Å². The summed E-state index contributed by atoms with van der Waals surface area (Å²) in [4.78, 5) is 21.8. The Morgan fingerprint density at radius 1 is 1.35 bits per heavy atom. The fraction of sp³-hybridized carbons (Fsp3) is 0.167. The summed E-state index contributed by atoms with van der Waals surface area (Å²) in [6.07, 6.45) is 2.12. The van der Waals surface area contributed by atoms with Crippen molar-refractivity contribution in [2.45, 2.75) is 6.04 Å². The molecule has 0 bridgehead atoms. The third-order valence-corrected chi connectivity index (χ3v) is 2.06. The normalized spacial score (nSPS) is 12.1. The van der Waals surface area contributed by atoms with Crippen molar-refractivity contribution in [1.82, 2.24) is 5.32 Å². The molecule has 0 fully saturated rings. The van der Waals surface area contributed by atoms with E-state index in [1.165, 1.54) is 13.3 Å². The molecule has 0 heterocycles. The summed E-state index contributed by atoms with van der Waals surface area (Å²) in [5.41, 5.74) is 0.703. The second kappa shape index (κ2) is 6.32. The summed E-state index contributed by atoms with van der Waals surface area (Å²) >= 11 is 0. The average molecular weight is 235 g/mol. The van der Waals surface area contributed by atoms with Gasteiger partial charge in [-0.1, -0.05) is 30.3 Å². The van der Waals surface area contributed by atoms with Crippen molar-refractivity contribution in [3.63, 3.8) is 0 Å². The molecule has 1 aromatic carbocycles. The molecule has 0 radical (unpaired) electrons. The zero-order valence-corrected chi connectivity index (χ0v) is 9.29. The molecule has 17 heavy (non-hydrogen) atoms. The van der Waals surface area contributed by atoms with E-state index in [0.717, 1.165) is 6.08 Å². The number of carboxylic acids is 1. The molecular weight excluding hydrogens is 222 g/mol. The van der Waals surface area contributed by atoms with E-state index in [1.54, 1.807) is 24.3 Å². The van der Waals surface area contributed by atoms with Crippen molar-refractivity contribution >= 4 is 11.9 Å². The fourth-order valence-corrected chi connectivity index (χ4v) is 1.28. The monoisotopic (exact) mass is 235 g/mol. The Morgan fingerprint density at radius 2 is 2.00 bits per heavy atom. The lowest BCUT2D eigenvalue weighted by molar-refractivity contribution is -0.143. The van der Waals surface area contributed by atoms with E-state index in [0.29, 0.717) is 5.56 Å². The van der Waals surface area contributed by atoms with Gasteiger partial charge < -0.3 is 15.2 Å². The molecule has 5 heteroatoms. The van der Waals surface area contributed by atoms with Gasteiger partial charge in [-0.05, 0) is 5.56 Å². The number of aliphatic carboxylic acids is 1. The average Bonchev–Trinajstić information content (AvgIpc) is 2.34. The van der Waals surface area contributed by atoms with Crippen LogP contribution in [0.15, 0.2) is 42.6 Å². The number of rotatable bonds is 5. The summed E-state index contributed by atoms with van der Waals surface area (Å²) in [7, 11) is 1.28. The summed E-state index contributed by atoms with van der Waals surface area (Å²) in [6.45, 7) is 0. The minimum absolute atomic E-state index is 0.480. The lowest BCUT2D eigenvalue weighted by Gasteiger charge is -2.14. The summed E-state index contributed by atoms with van der Waals surface area (Å²) in [6, 6.07) is 8.19. The van der Waals surface area contributed by atoms with Crippen molar-refractivity contribution in [3.05, 3.63) is 48.2 Å². The molecular formula is C12H13NO4. The molecule has 1 aromatic rings. The SMILES string of the molecule is COC(=O)C(N/C=C/C(=O)O)c1ccccc1. The molecule has 90 valence electrons. The van der Waals surface area contributed by atoms with Crippen LogP contribution < -0.4 is 5.32 Å². The number of benzene rings is 1. The van der Waals surface area contributed by atoms with Crippen LogP contribution >= 0.6 is 0 Å². The quantitative estimate of drug-likeness (QED) is 0.590. The van der Waals surface area contributed by atoms with Gasteiger partial charge >= 0.3 is 11.9 Å². The first-order chi connectivity index (χ1) is 8.15. The molecule has 0 spiro atoms.